The summed E-state index contributed by atoms with van der Waals surface area (Å²) < 4.78 is 0. The van der Waals surface area contributed by atoms with Gasteiger partial charge in [0.1, 0.15) is 0 Å². The van der Waals surface area contributed by atoms with Crippen LogP contribution in [0.5, 0.6) is 0 Å². The SMILES string of the molecule is [Cl][Pt+2][Cl].[N-][C@@H]1CCCC[C@H]1[N-]. The standard InChI is InChI=1S/C6H10N2.2ClH.Pt/c7-5-3-1-2-4-6(5)8;;;/h5-6H,1-4H2;2*1H;/q-2;;;+4/p-2/t5-,6-;;;/m1.../s1. The zero-order valence-corrected chi connectivity index (χ0v) is 9.73. The Kier molecular flexibility index (Phi) is 8.66. The van der Waals surface area contributed by atoms with Crippen LogP contribution >= 0.6 is 18.8 Å². The van der Waals surface area contributed by atoms with Crippen molar-refractivity contribution in [3.8, 4) is 0 Å². The van der Waals surface area contributed by atoms with Gasteiger partial charge in [-0.3, -0.25) is 0 Å². The summed E-state index contributed by atoms with van der Waals surface area (Å²) in [5.74, 6) is 0. The van der Waals surface area contributed by atoms with E-state index in [-0.39, 0.29) is 0 Å². The first kappa shape index (κ1) is 12.2. The van der Waals surface area contributed by atoms with Gasteiger partial charge in [0.05, 0.1) is 0 Å². The molecule has 0 spiro atoms. The van der Waals surface area contributed by atoms with Crippen molar-refractivity contribution in [3.63, 3.8) is 0 Å². The van der Waals surface area contributed by atoms with Crippen LogP contribution in [-0.4, -0.2) is 12.1 Å². The summed E-state index contributed by atoms with van der Waals surface area (Å²) in [5, 5.41) is 0. The summed E-state index contributed by atoms with van der Waals surface area (Å²) in [5.41, 5.74) is 17.9. The van der Waals surface area contributed by atoms with Crippen molar-refractivity contribution in [2.24, 2.45) is 0 Å². The minimum atomic E-state index is -0.472. The van der Waals surface area contributed by atoms with Crippen LogP contribution in [0.25, 0.3) is 11.5 Å². The summed E-state index contributed by atoms with van der Waals surface area (Å²) in [4.78, 5) is 0. The molecule has 11 heavy (non-hydrogen) atoms. The maximum Gasteiger partial charge on any atom is -0.0548 e. The van der Waals surface area contributed by atoms with Gasteiger partial charge in [0.15, 0.2) is 0 Å². The Hall–Kier alpha value is 1.19. The maximum absolute atomic E-state index is 8.93. The molecule has 0 unspecified atom stereocenters. The number of hydrogen-bond donors (Lipinski definition) is 0. The average Bonchev–Trinajstić information content (AvgIpc) is 1.97. The minimum absolute atomic E-state index is 0.441. The predicted molar refractivity (Wildman–Crippen MR) is 44.5 cm³/mol. The van der Waals surface area contributed by atoms with Crippen molar-refractivity contribution in [1.82, 2.24) is 0 Å². The van der Waals surface area contributed by atoms with Gasteiger partial charge in [-0.05, 0) is 0 Å². The Bertz CT molecular complexity index is 84.7. The van der Waals surface area contributed by atoms with Gasteiger partial charge in [0.2, 0.25) is 0 Å². The predicted octanol–water partition coefficient (Wildman–Crippen LogP) is 3.35. The normalized spacial score (nSPS) is 30.9. The number of halogens is 2. The van der Waals surface area contributed by atoms with Gasteiger partial charge < -0.3 is 11.5 Å². The summed E-state index contributed by atoms with van der Waals surface area (Å²) in [6.07, 6.45) is 3.69. The molecule has 1 rings (SSSR count). The van der Waals surface area contributed by atoms with Crippen molar-refractivity contribution in [2.75, 3.05) is 0 Å². The second-order valence-corrected chi connectivity index (χ2v) is 5.75. The van der Waals surface area contributed by atoms with Crippen LogP contribution in [0.3, 0.4) is 0 Å². The Morgan fingerprint density at radius 2 is 1.27 bits per heavy atom. The van der Waals surface area contributed by atoms with Crippen molar-refractivity contribution in [1.29, 1.82) is 0 Å². The molecule has 2 nitrogen and oxygen atoms in total. The second-order valence-electron chi connectivity index (χ2n) is 2.46. The van der Waals surface area contributed by atoms with Crippen LogP contribution in [-0.2, 0) is 16.5 Å². The Morgan fingerprint density at radius 3 is 1.45 bits per heavy atom. The topological polar surface area (TPSA) is 44.6 Å². The number of hydrogen-bond acceptors (Lipinski definition) is 0. The molecule has 1 aliphatic rings. The molecule has 0 aromatic rings. The first-order valence-electron chi connectivity index (χ1n) is 3.41. The molecule has 0 heterocycles. The fraction of sp³-hybridized carbons (Fsp3) is 1.00. The largest absolute Gasteiger partial charge is 0.806 e. The summed E-state index contributed by atoms with van der Waals surface area (Å²) in [6.45, 7) is 0. The van der Waals surface area contributed by atoms with Crippen molar-refractivity contribution in [2.45, 2.75) is 37.8 Å². The first-order chi connectivity index (χ1) is 5.22. The fourth-order valence-electron chi connectivity index (χ4n) is 1.09. The molecule has 1 saturated carbocycles. The summed E-state index contributed by atoms with van der Waals surface area (Å²) in [7, 11) is 9.75. The van der Waals surface area contributed by atoms with E-state index in [1.54, 1.807) is 0 Å². The zero-order chi connectivity index (χ0) is 8.69. The molecular formula is C6H10Cl2N2Pt. The van der Waals surface area contributed by atoms with Gasteiger partial charge in [0.25, 0.3) is 0 Å². The van der Waals surface area contributed by atoms with Gasteiger partial charge in [-0.1, -0.05) is 25.7 Å². The van der Waals surface area contributed by atoms with Gasteiger partial charge >= 0.3 is 35.3 Å². The number of nitrogens with zero attached hydrogens (tertiary/aromatic N) is 2. The van der Waals surface area contributed by atoms with Crippen LogP contribution in [0.15, 0.2) is 0 Å². The Morgan fingerprint density at radius 1 is 1.00 bits per heavy atom. The molecule has 1 fully saturated rings. The minimum Gasteiger partial charge on any atom is -0.806 e. The molecule has 0 aromatic heterocycles. The van der Waals surface area contributed by atoms with E-state index in [1.807, 2.05) is 0 Å². The first-order valence-corrected chi connectivity index (χ1v) is 9.04. The van der Waals surface area contributed by atoms with Gasteiger partial charge in [-0.25, -0.2) is 0 Å². The molecular weight excluding hydrogens is 366 g/mol. The number of rotatable bonds is 0. The average molecular weight is 376 g/mol. The van der Waals surface area contributed by atoms with Crippen LogP contribution < -0.4 is 0 Å². The van der Waals surface area contributed by atoms with Gasteiger partial charge in [-0.15, -0.1) is 0 Å². The maximum atomic E-state index is 8.93. The Labute approximate surface area is 84.4 Å². The van der Waals surface area contributed by atoms with E-state index in [0.717, 1.165) is 25.7 Å². The van der Waals surface area contributed by atoms with Crippen LogP contribution in [0.1, 0.15) is 25.7 Å². The fourth-order valence-corrected chi connectivity index (χ4v) is 1.09. The third kappa shape index (κ3) is 6.36. The van der Waals surface area contributed by atoms with E-state index in [2.05, 4.69) is 0 Å². The van der Waals surface area contributed by atoms with Crippen LogP contribution in [0.2, 0.25) is 0 Å². The van der Waals surface area contributed by atoms with Crippen LogP contribution in [0, 0.1) is 0 Å². The van der Waals surface area contributed by atoms with Crippen molar-refractivity contribution < 1.29 is 16.5 Å². The molecule has 0 N–H and O–H groups in total. The van der Waals surface area contributed by atoms with Crippen molar-refractivity contribution >= 4 is 18.8 Å². The summed E-state index contributed by atoms with van der Waals surface area (Å²) in [6, 6.07) is -0.882. The van der Waals surface area contributed by atoms with Crippen LogP contribution in [0.4, 0.5) is 0 Å². The van der Waals surface area contributed by atoms with Gasteiger partial charge in [-0.2, -0.15) is 12.1 Å². The van der Waals surface area contributed by atoms with E-state index < -0.39 is 28.6 Å². The molecule has 0 saturated heterocycles. The third-order valence-electron chi connectivity index (χ3n) is 1.69. The zero-order valence-electron chi connectivity index (χ0n) is 5.95. The molecule has 0 aliphatic heterocycles. The van der Waals surface area contributed by atoms with E-state index in [4.69, 9.17) is 30.3 Å². The quantitative estimate of drug-likeness (QED) is 0.623. The molecule has 2 radical (unpaired) electrons. The van der Waals surface area contributed by atoms with Crippen molar-refractivity contribution in [3.05, 3.63) is 11.5 Å². The van der Waals surface area contributed by atoms with E-state index in [0.29, 0.717) is 0 Å². The smallest absolute Gasteiger partial charge is 0.0548 e. The van der Waals surface area contributed by atoms with E-state index in [9.17, 15) is 0 Å². The molecule has 2 atom stereocenters. The molecule has 1 aliphatic carbocycles. The van der Waals surface area contributed by atoms with E-state index in [1.165, 1.54) is 0 Å². The van der Waals surface area contributed by atoms with Gasteiger partial charge in [0, 0.05) is 0 Å². The van der Waals surface area contributed by atoms with E-state index >= 15 is 0 Å². The molecule has 0 aromatic carbocycles. The second kappa shape index (κ2) is 7.82. The third-order valence-corrected chi connectivity index (χ3v) is 1.69. The Balaban J connectivity index is 0.000000292. The summed E-state index contributed by atoms with van der Waals surface area (Å²) >= 11 is -0.472. The molecule has 5 heteroatoms. The molecule has 68 valence electrons. The molecule has 0 bridgehead atoms. The molecule has 0 amide bonds. The monoisotopic (exact) mass is 375 g/mol.